The summed E-state index contributed by atoms with van der Waals surface area (Å²) < 4.78 is 8.33. The summed E-state index contributed by atoms with van der Waals surface area (Å²) in [5, 5.41) is 0.699. The zero-order valence-electron chi connectivity index (χ0n) is 16.4. The average molecular weight is 407 g/mol. The number of benzene rings is 2. The number of rotatable bonds is 7. The maximum Gasteiger partial charge on any atom is 0.260 e. The molecule has 7 heteroatoms. The van der Waals surface area contributed by atoms with Crippen LogP contribution in [0.25, 0.3) is 10.2 Å². The molecule has 0 spiro atoms. The lowest BCUT2D eigenvalue weighted by Crippen LogP contribution is -2.32. The van der Waals surface area contributed by atoms with E-state index in [4.69, 9.17) is 9.72 Å². The number of nitrogens with zero attached hydrogens (tertiary/aromatic N) is 4. The van der Waals surface area contributed by atoms with Crippen molar-refractivity contribution in [3.05, 3.63) is 72.3 Å². The second-order valence-corrected chi connectivity index (χ2v) is 7.82. The van der Waals surface area contributed by atoms with Crippen molar-refractivity contribution < 1.29 is 9.53 Å². The minimum absolute atomic E-state index is 0.0367. The van der Waals surface area contributed by atoms with E-state index in [9.17, 15) is 4.79 Å². The Morgan fingerprint density at radius 1 is 1.24 bits per heavy atom. The maximum atomic E-state index is 13.3. The number of fused-ring (bicyclic) bond motifs is 1. The summed E-state index contributed by atoms with van der Waals surface area (Å²) in [6.45, 7) is 3.35. The molecule has 0 aliphatic carbocycles. The number of anilines is 1. The van der Waals surface area contributed by atoms with Gasteiger partial charge in [0.2, 0.25) is 0 Å². The third-order valence-electron chi connectivity index (χ3n) is 4.68. The third kappa shape index (κ3) is 4.30. The molecule has 0 atom stereocenters. The first-order chi connectivity index (χ1) is 14.1. The highest BCUT2D eigenvalue weighted by molar-refractivity contribution is 7.22. The fourth-order valence-corrected chi connectivity index (χ4v) is 4.20. The number of ether oxygens (including phenoxy) is 1. The van der Waals surface area contributed by atoms with Crippen LogP contribution in [0, 0.1) is 6.92 Å². The van der Waals surface area contributed by atoms with Gasteiger partial charge in [0.05, 0.1) is 23.7 Å². The lowest BCUT2D eigenvalue weighted by Gasteiger charge is -2.20. The normalized spacial score (nSPS) is 11.0. The van der Waals surface area contributed by atoms with Crippen LogP contribution >= 0.6 is 11.3 Å². The maximum absolute atomic E-state index is 13.3. The molecule has 0 radical (unpaired) electrons. The van der Waals surface area contributed by atoms with E-state index in [0.717, 1.165) is 34.5 Å². The highest BCUT2D eigenvalue weighted by atomic mass is 32.1. The quantitative estimate of drug-likeness (QED) is 0.452. The number of aryl methyl sites for hydroxylation is 2. The van der Waals surface area contributed by atoms with Crippen molar-refractivity contribution in [3.8, 4) is 5.75 Å². The first-order valence-corrected chi connectivity index (χ1v) is 10.2. The minimum atomic E-state index is -0.0367. The first kappa shape index (κ1) is 19.1. The number of carbonyl (C=O) groups excluding carboxylic acids is 1. The van der Waals surface area contributed by atoms with Gasteiger partial charge >= 0.3 is 0 Å². The van der Waals surface area contributed by atoms with Gasteiger partial charge in [0.15, 0.2) is 5.13 Å². The largest absolute Gasteiger partial charge is 0.497 e. The van der Waals surface area contributed by atoms with E-state index in [1.807, 2.05) is 60.2 Å². The number of thiazole rings is 1. The molecule has 148 valence electrons. The Balaban J connectivity index is 1.64. The van der Waals surface area contributed by atoms with E-state index in [1.165, 1.54) is 11.3 Å². The molecule has 6 nitrogen and oxygen atoms in total. The molecular weight excluding hydrogens is 384 g/mol. The van der Waals surface area contributed by atoms with Crippen LogP contribution in [0.3, 0.4) is 0 Å². The second-order valence-electron chi connectivity index (χ2n) is 6.81. The fourth-order valence-electron chi connectivity index (χ4n) is 3.18. The Hall–Kier alpha value is -3.19. The number of carbonyl (C=O) groups is 1. The van der Waals surface area contributed by atoms with Crippen LogP contribution < -0.4 is 9.64 Å². The molecule has 0 aliphatic heterocycles. The van der Waals surface area contributed by atoms with Crippen LogP contribution in [0.15, 0.2) is 61.2 Å². The number of methoxy groups -OCH3 is 1. The topological polar surface area (TPSA) is 60.2 Å². The Morgan fingerprint density at radius 2 is 2.14 bits per heavy atom. The number of hydrogen-bond donors (Lipinski definition) is 0. The predicted molar refractivity (Wildman–Crippen MR) is 116 cm³/mol. The molecule has 0 saturated carbocycles. The van der Waals surface area contributed by atoms with Gasteiger partial charge in [-0.15, -0.1) is 0 Å². The molecule has 0 N–H and O–H groups in total. The van der Waals surface area contributed by atoms with Gasteiger partial charge in [-0.05, 0) is 43.7 Å². The lowest BCUT2D eigenvalue weighted by atomic mass is 10.1. The Kier molecular flexibility index (Phi) is 5.57. The van der Waals surface area contributed by atoms with Crippen molar-refractivity contribution in [2.24, 2.45) is 0 Å². The molecule has 2 aromatic heterocycles. The summed E-state index contributed by atoms with van der Waals surface area (Å²) >= 11 is 1.50. The zero-order valence-corrected chi connectivity index (χ0v) is 17.2. The highest BCUT2D eigenvalue weighted by Gasteiger charge is 2.21. The van der Waals surface area contributed by atoms with E-state index in [-0.39, 0.29) is 5.91 Å². The van der Waals surface area contributed by atoms with Crippen molar-refractivity contribution in [2.75, 3.05) is 18.6 Å². The number of hydrogen-bond acceptors (Lipinski definition) is 5. The Labute approximate surface area is 173 Å². The van der Waals surface area contributed by atoms with Gasteiger partial charge in [-0.1, -0.05) is 29.0 Å². The number of aromatic nitrogens is 3. The summed E-state index contributed by atoms with van der Waals surface area (Å²) in [7, 11) is 1.65. The number of imidazole rings is 1. The summed E-state index contributed by atoms with van der Waals surface area (Å²) in [5.41, 5.74) is 2.59. The van der Waals surface area contributed by atoms with Gasteiger partial charge in [0.25, 0.3) is 5.91 Å². The molecule has 4 aromatic rings. The van der Waals surface area contributed by atoms with Crippen LogP contribution in [0.1, 0.15) is 22.3 Å². The molecular formula is C22H22N4O2S. The molecule has 2 heterocycles. The first-order valence-electron chi connectivity index (χ1n) is 9.43. The van der Waals surface area contributed by atoms with Crippen molar-refractivity contribution in [3.63, 3.8) is 0 Å². The molecule has 0 aliphatic rings. The Bertz CT molecular complexity index is 1120. The van der Waals surface area contributed by atoms with Crippen molar-refractivity contribution in [1.82, 2.24) is 14.5 Å². The molecule has 4 rings (SSSR count). The third-order valence-corrected chi connectivity index (χ3v) is 5.72. The van der Waals surface area contributed by atoms with E-state index >= 15 is 0 Å². The summed E-state index contributed by atoms with van der Waals surface area (Å²) in [6.07, 6.45) is 6.27. The molecule has 1 amide bonds. The van der Waals surface area contributed by atoms with Gasteiger partial charge in [-0.25, -0.2) is 9.97 Å². The van der Waals surface area contributed by atoms with Gasteiger partial charge < -0.3 is 9.30 Å². The van der Waals surface area contributed by atoms with Crippen LogP contribution in [0.5, 0.6) is 5.75 Å². The summed E-state index contributed by atoms with van der Waals surface area (Å²) in [5.74, 6) is 0.745. The summed E-state index contributed by atoms with van der Waals surface area (Å²) in [4.78, 5) is 23.9. The van der Waals surface area contributed by atoms with Crippen LogP contribution in [0.2, 0.25) is 0 Å². The van der Waals surface area contributed by atoms with Gasteiger partial charge in [0.1, 0.15) is 5.75 Å². The van der Waals surface area contributed by atoms with Gasteiger partial charge in [-0.2, -0.15) is 0 Å². The second kappa shape index (κ2) is 8.45. The van der Waals surface area contributed by atoms with Crippen LogP contribution in [-0.2, 0) is 6.54 Å². The Morgan fingerprint density at radius 3 is 2.90 bits per heavy atom. The monoisotopic (exact) mass is 406 g/mol. The summed E-state index contributed by atoms with van der Waals surface area (Å²) in [6, 6.07) is 13.4. The van der Waals surface area contributed by atoms with E-state index < -0.39 is 0 Å². The van der Waals surface area contributed by atoms with Crippen LogP contribution in [0.4, 0.5) is 5.13 Å². The van der Waals surface area contributed by atoms with Crippen molar-refractivity contribution in [1.29, 1.82) is 0 Å². The van der Waals surface area contributed by atoms with E-state index in [0.29, 0.717) is 17.2 Å². The highest BCUT2D eigenvalue weighted by Crippen LogP contribution is 2.32. The number of amides is 1. The SMILES string of the molecule is COc1ccc2nc(N(CCCn3ccnc3)C(=O)c3cccc(C)c3)sc2c1. The standard InChI is InChI=1S/C22H22N4O2S/c1-16-5-3-6-17(13-16)21(27)26(11-4-10-25-12-9-23-15-25)22-24-19-8-7-18(28-2)14-20(19)29-22/h3,5-9,12-15H,4,10-11H2,1-2H3. The van der Waals surface area contributed by atoms with Gasteiger partial charge in [0, 0.05) is 31.0 Å². The van der Waals surface area contributed by atoms with E-state index in [2.05, 4.69) is 4.98 Å². The predicted octanol–water partition coefficient (Wildman–Crippen LogP) is 4.55. The fraction of sp³-hybridized carbons (Fsp3) is 0.227. The molecule has 0 unspecified atom stereocenters. The minimum Gasteiger partial charge on any atom is -0.497 e. The smallest absolute Gasteiger partial charge is 0.260 e. The molecule has 2 aromatic carbocycles. The van der Waals surface area contributed by atoms with Gasteiger partial charge in [-0.3, -0.25) is 9.69 Å². The lowest BCUT2D eigenvalue weighted by molar-refractivity contribution is 0.0986. The van der Waals surface area contributed by atoms with E-state index in [1.54, 1.807) is 24.5 Å². The van der Waals surface area contributed by atoms with Crippen molar-refractivity contribution >= 4 is 32.6 Å². The van der Waals surface area contributed by atoms with Crippen LogP contribution in [-0.4, -0.2) is 34.1 Å². The molecule has 0 saturated heterocycles. The van der Waals surface area contributed by atoms with Crippen molar-refractivity contribution in [2.45, 2.75) is 19.9 Å². The average Bonchev–Trinajstić information content (AvgIpc) is 3.39. The zero-order chi connectivity index (χ0) is 20.2. The molecule has 0 bridgehead atoms. The molecule has 0 fully saturated rings. The molecule has 29 heavy (non-hydrogen) atoms.